The first kappa shape index (κ1) is 18.1. The largest absolute Gasteiger partial charge is 0.396 e. The van der Waals surface area contributed by atoms with Gasteiger partial charge in [0.25, 0.3) is 0 Å². The lowest BCUT2D eigenvalue weighted by Gasteiger charge is -2.46. The van der Waals surface area contributed by atoms with E-state index in [0.717, 1.165) is 19.6 Å². The first-order chi connectivity index (χ1) is 10.6. The summed E-state index contributed by atoms with van der Waals surface area (Å²) in [6, 6.07) is -0.134. The standard InChI is InChI=1S/C17H33NO4/c1-3-14(6-9-19)20-10-16(18)13(2)21-11-17-7-4-15(5-8-17)22-12-17/h13-16,19H,3-12,18H2,1-2H3/t13-,14?,15?,16-,17?/m1/s1. The van der Waals surface area contributed by atoms with Crippen LogP contribution in [0.1, 0.15) is 52.4 Å². The molecule has 5 heteroatoms. The van der Waals surface area contributed by atoms with Gasteiger partial charge in [-0.2, -0.15) is 0 Å². The van der Waals surface area contributed by atoms with Gasteiger partial charge in [-0.1, -0.05) is 6.92 Å². The fraction of sp³-hybridized carbons (Fsp3) is 1.00. The number of hydrogen-bond acceptors (Lipinski definition) is 5. The maximum Gasteiger partial charge on any atom is 0.0720 e. The fourth-order valence-corrected chi connectivity index (χ4v) is 3.36. The van der Waals surface area contributed by atoms with Gasteiger partial charge in [-0.25, -0.2) is 0 Å². The monoisotopic (exact) mass is 315 g/mol. The predicted molar refractivity (Wildman–Crippen MR) is 85.8 cm³/mol. The Morgan fingerprint density at radius 3 is 2.59 bits per heavy atom. The van der Waals surface area contributed by atoms with Crippen LogP contribution >= 0.6 is 0 Å². The quantitative estimate of drug-likeness (QED) is 0.643. The summed E-state index contributed by atoms with van der Waals surface area (Å²) in [7, 11) is 0. The van der Waals surface area contributed by atoms with Gasteiger partial charge in [0.15, 0.2) is 0 Å². The van der Waals surface area contributed by atoms with Crippen LogP contribution in [0, 0.1) is 5.41 Å². The van der Waals surface area contributed by atoms with E-state index < -0.39 is 0 Å². The summed E-state index contributed by atoms with van der Waals surface area (Å²) in [4.78, 5) is 0. The van der Waals surface area contributed by atoms with E-state index in [1.165, 1.54) is 25.7 Å². The molecular weight excluding hydrogens is 282 g/mol. The number of hydrogen-bond donors (Lipinski definition) is 2. The molecule has 1 saturated carbocycles. The van der Waals surface area contributed by atoms with E-state index >= 15 is 0 Å². The average molecular weight is 315 g/mol. The van der Waals surface area contributed by atoms with Crippen LogP contribution in [0.4, 0.5) is 0 Å². The molecule has 2 saturated heterocycles. The second kappa shape index (κ2) is 8.60. The van der Waals surface area contributed by atoms with Crippen molar-refractivity contribution in [3.63, 3.8) is 0 Å². The molecule has 3 N–H and O–H groups in total. The SMILES string of the molecule is CCC(CCO)OC[C@@H](N)[C@@H](C)OCC12CCC(CC1)OC2. The summed E-state index contributed by atoms with van der Waals surface area (Å²) >= 11 is 0. The van der Waals surface area contributed by atoms with Crippen LogP contribution in [0.25, 0.3) is 0 Å². The summed E-state index contributed by atoms with van der Waals surface area (Å²) in [5.74, 6) is 0. The zero-order valence-electron chi connectivity index (χ0n) is 14.1. The highest BCUT2D eigenvalue weighted by molar-refractivity contribution is 4.91. The maximum atomic E-state index is 8.98. The van der Waals surface area contributed by atoms with E-state index in [4.69, 9.17) is 25.1 Å². The summed E-state index contributed by atoms with van der Waals surface area (Å²) < 4.78 is 17.7. The predicted octanol–water partition coefficient (Wildman–Crippen LogP) is 1.86. The minimum atomic E-state index is -0.134. The highest BCUT2D eigenvalue weighted by Crippen LogP contribution is 2.43. The van der Waals surface area contributed by atoms with Crippen LogP contribution in [0.5, 0.6) is 0 Å². The Morgan fingerprint density at radius 1 is 1.32 bits per heavy atom. The minimum Gasteiger partial charge on any atom is -0.396 e. The molecule has 0 radical (unpaired) electrons. The van der Waals surface area contributed by atoms with Crippen molar-refractivity contribution in [2.45, 2.75) is 76.7 Å². The lowest BCUT2D eigenvalue weighted by molar-refractivity contribution is -0.151. The average Bonchev–Trinajstić information content (AvgIpc) is 2.57. The molecule has 5 nitrogen and oxygen atoms in total. The fourth-order valence-electron chi connectivity index (χ4n) is 3.36. The van der Waals surface area contributed by atoms with Crippen molar-refractivity contribution in [2.24, 2.45) is 11.1 Å². The molecule has 3 rings (SSSR count). The van der Waals surface area contributed by atoms with E-state index in [9.17, 15) is 0 Å². The Hall–Kier alpha value is -0.200. The summed E-state index contributed by atoms with van der Waals surface area (Å²) in [5.41, 5.74) is 6.40. The van der Waals surface area contributed by atoms with Gasteiger partial charge in [-0.15, -0.1) is 0 Å². The lowest BCUT2D eigenvalue weighted by atomic mass is 9.72. The number of nitrogens with two attached hydrogens (primary N) is 1. The van der Waals surface area contributed by atoms with E-state index in [1.54, 1.807) is 0 Å². The number of aliphatic hydroxyl groups excluding tert-OH is 1. The van der Waals surface area contributed by atoms with Gasteiger partial charge < -0.3 is 25.1 Å². The van der Waals surface area contributed by atoms with Crippen LogP contribution in [0.2, 0.25) is 0 Å². The van der Waals surface area contributed by atoms with Crippen molar-refractivity contribution in [2.75, 3.05) is 26.4 Å². The third-order valence-corrected chi connectivity index (χ3v) is 5.30. The van der Waals surface area contributed by atoms with Gasteiger partial charge >= 0.3 is 0 Å². The molecule has 0 aromatic carbocycles. The van der Waals surface area contributed by atoms with Crippen LogP contribution in [-0.2, 0) is 14.2 Å². The zero-order chi connectivity index (χ0) is 16.0. The second-order valence-electron chi connectivity index (χ2n) is 7.07. The van der Waals surface area contributed by atoms with E-state index in [0.29, 0.717) is 19.1 Å². The van der Waals surface area contributed by atoms with Crippen LogP contribution < -0.4 is 5.73 Å². The van der Waals surface area contributed by atoms with Crippen molar-refractivity contribution < 1.29 is 19.3 Å². The molecule has 1 aliphatic carbocycles. The molecule has 3 atom stereocenters. The van der Waals surface area contributed by atoms with Gasteiger partial charge in [0, 0.05) is 12.0 Å². The van der Waals surface area contributed by atoms with Crippen molar-refractivity contribution in [1.82, 2.24) is 0 Å². The molecule has 0 spiro atoms. The second-order valence-corrected chi connectivity index (χ2v) is 7.07. The van der Waals surface area contributed by atoms with E-state index in [1.807, 2.05) is 6.92 Å². The zero-order valence-corrected chi connectivity index (χ0v) is 14.1. The van der Waals surface area contributed by atoms with Crippen molar-refractivity contribution in [1.29, 1.82) is 0 Å². The molecule has 3 aliphatic rings. The lowest BCUT2D eigenvalue weighted by Crippen LogP contribution is -2.47. The van der Waals surface area contributed by atoms with E-state index in [-0.39, 0.29) is 30.3 Å². The molecule has 3 fully saturated rings. The van der Waals surface area contributed by atoms with Crippen molar-refractivity contribution in [3.05, 3.63) is 0 Å². The molecule has 2 aliphatic heterocycles. The third-order valence-electron chi connectivity index (χ3n) is 5.30. The summed E-state index contributed by atoms with van der Waals surface area (Å²) in [6.45, 7) is 6.29. The Bertz CT molecular complexity index is 304. The third kappa shape index (κ3) is 4.90. The van der Waals surface area contributed by atoms with Gasteiger partial charge in [0.05, 0.1) is 44.2 Å². The molecule has 2 heterocycles. The Labute approximate surface area is 134 Å². The van der Waals surface area contributed by atoms with Gasteiger partial charge in [0.2, 0.25) is 0 Å². The highest BCUT2D eigenvalue weighted by atomic mass is 16.5. The summed E-state index contributed by atoms with van der Waals surface area (Å²) in [6.07, 6.45) is 6.88. The molecule has 2 bridgehead atoms. The van der Waals surface area contributed by atoms with Crippen molar-refractivity contribution in [3.8, 4) is 0 Å². The molecule has 130 valence electrons. The first-order valence-electron chi connectivity index (χ1n) is 8.80. The van der Waals surface area contributed by atoms with Gasteiger partial charge in [-0.3, -0.25) is 0 Å². The Balaban J connectivity index is 1.68. The van der Waals surface area contributed by atoms with Crippen LogP contribution in [-0.4, -0.2) is 55.9 Å². The summed E-state index contributed by atoms with van der Waals surface area (Å²) in [5, 5.41) is 8.98. The molecular formula is C17H33NO4. The molecule has 0 amide bonds. The molecule has 0 aromatic heterocycles. The highest BCUT2D eigenvalue weighted by Gasteiger charge is 2.42. The van der Waals surface area contributed by atoms with Gasteiger partial charge in [-0.05, 0) is 45.4 Å². The van der Waals surface area contributed by atoms with Crippen LogP contribution in [0.3, 0.4) is 0 Å². The number of fused-ring (bicyclic) bond motifs is 3. The Kier molecular flexibility index (Phi) is 7.09. The minimum absolute atomic E-state index is 0.0272. The number of ether oxygens (including phenoxy) is 3. The maximum absolute atomic E-state index is 8.98. The number of rotatable bonds is 10. The van der Waals surface area contributed by atoms with Crippen molar-refractivity contribution >= 4 is 0 Å². The Morgan fingerprint density at radius 2 is 2.05 bits per heavy atom. The number of aliphatic hydroxyl groups is 1. The van der Waals surface area contributed by atoms with E-state index in [2.05, 4.69) is 6.92 Å². The van der Waals surface area contributed by atoms with Gasteiger partial charge in [0.1, 0.15) is 0 Å². The van der Waals surface area contributed by atoms with Crippen LogP contribution in [0.15, 0.2) is 0 Å². The molecule has 0 aromatic rings. The normalized spacial score (nSPS) is 31.9. The smallest absolute Gasteiger partial charge is 0.0720 e. The first-order valence-corrected chi connectivity index (χ1v) is 8.80. The molecule has 22 heavy (non-hydrogen) atoms. The molecule has 1 unspecified atom stereocenters. The topological polar surface area (TPSA) is 73.9 Å².